The SMILES string of the molecule is CCOC(=O)c1n[nH]nc1-c1ccc(S(C)(=O)=O)c(C#N)c1. The van der Waals surface area contributed by atoms with Gasteiger partial charge < -0.3 is 4.74 Å². The number of nitrogens with zero attached hydrogens (tertiary/aromatic N) is 3. The van der Waals surface area contributed by atoms with Crippen molar-refractivity contribution in [3.63, 3.8) is 0 Å². The summed E-state index contributed by atoms with van der Waals surface area (Å²) in [6.07, 6.45) is 1.02. The van der Waals surface area contributed by atoms with E-state index in [1.54, 1.807) is 6.92 Å². The summed E-state index contributed by atoms with van der Waals surface area (Å²) >= 11 is 0. The van der Waals surface area contributed by atoms with Gasteiger partial charge in [0.15, 0.2) is 15.5 Å². The number of hydrogen-bond acceptors (Lipinski definition) is 7. The van der Waals surface area contributed by atoms with E-state index in [0.29, 0.717) is 5.56 Å². The highest BCUT2D eigenvalue weighted by atomic mass is 32.2. The number of esters is 1. The molecule has 22 heavy (non-hydrogen) atoms. The van der Waals surface area contributed by atoms with Gasteiger partial charge in [0.25, 0.3) is 0 Å². The molecule has 0 fully saturated rings. The van der Waals surface area contributed by atoms with E-state index >= 15 is 0 Å². The molecule has 0 bridgehead atoms. The van der Waals surface area contributed by atoms with Crippen LogP contribution in [0.25, 0.3) is 11.3 Å². The van der Waals surface area contributed by atoms with Gasteiger partial charge in [0.05, 0.1) is 17.1 Å². The molecule has 0 atom stereocenters. The van der Waals surface area contributed by atoms with Crippen molar-refractivity contribution in [2.75, 3.05) is 12.9 Å². The van der Waals surface area contributed by atoms with Gasteiger partial charge in [-0.1, -0.05) is 6.07 Å². The lowest BCUT2D eigenvalue weighted by atomic mass is 10.1. The molecule has 0 aliphatic heterocycles. The number of nitrogens with one attached hydrogen (secondary N) is 1. The van der Waals surface area contributed by atoms with Crippen LogP contribution in [-0.2, 0) is 14.6 Å². The number of carbonyl (C=O) groups is 1. The molecule has 1 aromatic heterocycles. The number of aromatic amines is 1. The molecule has 1 N–H and O–H groups in total. The van der Waals surface area contributed by atoms with E-state index in [-0.39, 0.29) is 28.5 Å². The molecule has 0 aliphatic rings. The molecule has 114 valence electrons. The van der Waals surface area contributed by atoms with Crippen molar-refractivity contribution in [2.24, 2.45) is 0 Å². The second-order valence-electron chi connectivity index (χ2n) is 4.34. The number of sulfone groups is 1. The second kappa shape index (κ2) is 5.95. The first-order valence-electron chi connectivity index (χ1n) is 6.21. The van der Waals surface area contributed by atoms with Crippen LogP contribution in [0.5, 0.6) is 0 Å². The molecule has 0 saturated carbocycles. The Balaban J connectivity index is 2.55. The highest BCUT2D eigenvalue weighted by molar-refractivity contribution is 7.90. The third kappa shape index (κ3) is 2.96. The molecule has 0 amide bonds. The van der Waals surface area contributed by atoms with Gasteiger partial charge in [-0.05, 0) is 19.1 Å². The molecule has 0 spiro atoms. The van der Waals surface area contributed by atoms with E-state index in [4.69, 9.17) is 10.00 Å². The molecular weight excluding hydrogens is 308 g/mol. The standard InChI is InChI=1S/C13H12N4O4S/c1-3-21-13(18)12-11(15-17-16-12)8-4-5-10(22(2,19)20)9(6-8)7-14/h4-6H,3H2,1-2H3,(H,15,16,17). The van der Waals surface area contributed by atoms with Gasteiger partial charge in [-0.15, -0.1) is 5.10 Å². The lowest BCUT2D eigenvalue weighted by Gasteiger charge is -2.05. The summed E-state index contributed by atoms with van der Waals surface area (Å²) in [5, 5.41) is 19.0. The maximum Gasteiger partial charge on any atom is 0.361 e. The van der Waals surface area contributed by atoms with Crippen molar-refractivity contribution in [2.45, 2.75) is 11.8 Å². The minimum atomic E-state index is -3.52. The fourth-order valence-electron chi connectivity index (χ4n) is 1.86. The molecule has 8 nitrogen and oxygen atoms in total. The second-order valence-corrected chi connectivity index (χ2v) is 6.32. The molecule has 0 aliphatic carbocycles. The van der Waals surface area contributed by atoms with Gasteiger partial charge >= 0.3 is 5.97 Å². The highest BCUT2D eigenvalue weighted by Gasteiger charge is 2.21. The van der Waals surface area contributed by atoms with Crippen molar-refractivity contribution in [3.05, 3.63) is 29.5 Å². The summed E-state index contributed by atoms with van der Waals surface area (Å²) in [7, 11) is -3.52. The molecule has 0 unspecified atom stereocenters. The quantitative estimate of drug-likeness (QED) is 0.830. The molecular formula is C13H12N4O4S. The zero-order valence-electron chi connectivity index (χ0n) is 11.8. The van der Waals surface area contributed by atoms with Crippen LogP contribution in [-0.4, -0.2) is 42.7 Å². The summed E-state index contributed by atoms with van der Waals surface area (Å²) in [5.74, 6) is -0.656. The van der Waals surface area contributed by atoms with E-state index in [2.05, 4.69) is 15.4 Å². The Morgan fingerprint density at radius 3 is 2.73 bits per heavy atom. The zero-order chi connectivity index (χ0) is 16.3. The molecule has 9 heteroatoms. The Morgan fingerprint density at radius 1 is 1.41 bits per heavy atom. The third-order valence-electron chi connectivity index (χ3n) is 2.79. The topological polar surface area (TPSA) is 126 Å². The summed E-state index contributed by atoms with van der Waals surface area (Å²) in [4.78, 5) is 11.7. The summed E-state index contributed by atoms with van der Waals surface area (Å²) < 4.78 is 28.1. The van der Waals surface area contributed by atoms with Crippen LogP contribution in [0, 0.1) is 11.3 Å². The van der Waals surface area contributed by atoms with Gasteiger partial charge in [0.1, 0.15) is 11.8 Å². The molecule has 1 aromatic carbocycles. The molecule has 1 heterocycles. The molecule has 2 rings (SSSR count). The van der Waals surface area contributed by atoms with E-state index < -0.39 is 15.8 Å². The van der Waals surface area contributed by atoms with E-state index in [0.717, 1.165) is 6.26 Å². The van der Waals surface area contributed by atoms with E-state index in [1.807, 2.05) is 6.07 Å². The van der Waals surface area contributed by atoms with Crippen LogP contribution in [0.4, 0.5) is 0 Å². The zero-order valence-corrected chi connectivity index (χ0v) is 12.6. The predicted molar refractivity (Wildman–Crippen MR) is 75.6 cm³/mol. The Bertz CT molecular complexity index is 864. The Hall–Kier alpha value is -2.73. The Labute approximate surface area is 126 Å². The maximum absolute atomic E-state index is 11.8. The van der Waals surface area contributed by atoms with Crippen LogP contribution in [0.15, 0.2) is 23.1 Å². The van der Waals surface area contributed by atoms with E-state index in [9.17, 15) is 13.2 Å². The largest absolute Gasteiger partial charge is 0.461 e. The summed E-state index contributed by atoms with van der Waals surface area (Å²) in [5.41, 5.74) is 0.520. The van der Waals surface area contributed by atoms with Gasteiger partial charge in [0.2, 0.25) is 0 Å². The van der Waals surface area contributed by atoms with Gasteiger partial charge in [-0.25, -0.2) is 13.2 Å². The fraction of sp³-hybridized carbons (Fsp3) is 0.231. The first-order chi connectivity index (χ1) is 10.4. The number of carbonyl (C=O) groups excluding carboxylic acids is 1. The minimum absolute atomic E-state index is 0.0298. The monoisotopic (exact) mass is 320 g/mol. The van der Waals surface area contributed by atoms with Crippen LogP contribution in [0.3, 0.4) is 0 Å². The number of hydrogen-bond donors (Lipinski definition) is 1. The van der Waals surface area contributed by atoms with E-state index in [1.165, 1.54) is 18.2 Å². The smallest absolute Gasteiger partial charge is 0.361 e. The summed E-state index contributed by atoms with van der Waals surface area (Å²) in [6, 6.07) is 5.92. The van der Waals surface area contributed by atoms with Crippen molar-refractivity contribution in [1.82, 2.24) is 15.4 Å². The predicted octanol–water partition coefficient (Wildman–Crippen LogP) is 0.924. The summed E-state index contributed by atoms with van der Waals surface area (Å²) in [6.45, 7) is 1.84. The lowest BCUT2D eigenvalue weighted by molar-refractivity contribution is 0.0520. The number of benzene rings is 1. The number of ether oxygens (including phenoxy) is 1. The maximum atomic E-state index is 11.8. The lowest BCUT2D eigenvalue weighted by Crippen LogP contribution is -2.07. The average Bonchev–Trinajstić information content (AvgIpc) is 2.95. The van der Waals surface area contributed by atoms with Crippen LogP contribution in [0.1, 0.15) is 23.0 Å². The van der Waals surface area contributed by atoms with Crippen molar-refractivity contribution in [1.29, 1.82) is 5.26 Å². The first-order valence-corrected chi connectivity index (χ1v) is 8.10. The molecule has 0 radical (unpaired) electrons. The number of H-pyrrole nitrogens is 1. The van der Waals surface area contributed by atoms with Gasteiger partial charge in [-0.2, -0.15) is 15.6 Å². The molecule has 0 saturated heterocycles. The number of aromatic nitrogens is 3. The Kier molecular flexibility index (Phi) is 4.23. The fourth-order valence-corrected chi connectivity index (χ4v) is 2.68. The van der Waals surface area contributed by atoms with Gasteiger partial charge in [-0.3, -0.25) is 0 Å². The number of rotatable bonds is 4. The van der Waals surface area contributed by atoms with Crippen molar-refractivity contribution < 1.29 is 17.9 Å². The highest BCUT2D eigenvalue weighted by Crippen LogP contribution is 2.25. The molecule has 2 aromatic rings. The van der Waals surface area contributed by atoms with Crippen LogP contribution in [0.2, 0.25) is 0 Å². The number of nitriles is 1. The Morgan fingerprint density at radius 2 is 2.14 bits per heavy atom. The van der Waals surface area contributed by atoms with Crippen molar-refractivity contribution in [3.8, 4) is 17.3 Å². The van der Waals surface area contributed by atoms with Crippen LogP contribution >= 0.6 is 0 Å². The first kappa shape index (κ1) is 15.7. The minimum Gasteiger partial charge on any atom is -0.461 e. The van der Waals surface area contributed by atoms with Crippen LogP contribution < -0.4 is 0 Å². The third-order valence-corrected chi connectivity index (χ3v) is 3.94. The van der Waals surface area contributed by atoms with Gasteiger partial charge in [0, 0.05) is 11.8 Å². The average molecular weight is 320 g/mol. The van der Waals surface area contributed by atoms with Crippen molar-refractivity contribution >= 4 is 15.8 Å². The normalized spacial score (nSPS) is 11.0.